The molecule has 1 atom stereocenters. The highest BCUT2D eigenvalue weighted by Gasteiger charge is 2.58. The van der Waals surface area contributed by atoms with Crippen LogP contribution in [0.3, 0.4) is 0 Å². The van der Waals surface area contributed by atoms with Crippen LogP contribution in [0.5, 0.6) is 0 Å². The van der Waals surface area contributed by atoms with Crippen LogP contribution in [0.2, 0.25) is 0 Å². The first-order valence-corrected chi connectivity index (χ1v) is 8.69. The number of fused-ring (bicyclic) bond motifs is 1. The fraction of sp³-hybridized carbons (Fsp3) is 0.526. The van der Waals surface area contributed by atoms with Crippen LogP contribution in [-0.2, 0) is 11.3 Å². The third-order valence-electron chi connectivity index (χ3n) is 5.82. The number of para-hydroxylation sites is 1. The standard InChI is InChI=1S/C19H25N3O/c1-21(18(23)16-14-19(16)7-9-20-10-8-19)12-13-22-11-6-15-4-2-3-5-17(15)22/h2-6,11,16,20H,7-10,12-14H2,1H3/t16-/m1/s1. The van der Waals surface area contributed by atoms with Crippen molar-refractivity contribution in [2.24, 2.45) is 11.3 Å². The summed E-state index contributed by atoms with van der Waals surface area (Å²) in [7, 11) is 1.96. The summed E-state index contributed by atoms with van der Waals surface area (Å²) in [6.07, 6.45) is 5.55. The summed E-state index contributed by atoms with van der Waals surface area (Å²) in [5, 5.41) is 4.66. The smallest absolute Gasteiger partial charge is 0.226 e. The fourth-order valence-corrected chi connectivity index (χ4v) is 4.14. The van der Waals surface area contributed by atoms with E-state index >= 15 is 0 Å². The van der Waals surface area contributed by atoms with Crippen LogP contribution in [0.1, 0.15) is 19.3 Å². The van der Waals surface area contributed by atoms with Crippen molar-refractivity contribution in [1.29, 1.82) is 0 Å². The van der Waals surface area contributed by atoms with Gasteiger partial charge in [-0.3, -0.25) is 4.79 Å². The largest absolute Gasteiger partial charge is 0.346 e. The maximum atomic E-state index is 12.7. The Morgan fingerprint density at radius 2 is 2.09 bits per heavy atom. The predicted molar refractivity (Wildman–Crippen MR) is 92.2 cm³/mol. The average molecular weight is 311 g/mol. The van der Waals surface area contributed by atoms with E-state index in [-0.39, 0.29) is 5.92 Å². The van der Waals surface area contributed by atoms with Gasteiger partial charge in [-0.15, -0.1) is 0 Å². The Kier molecular flexibility index (Phi) is 3.64. The molecule has 2 heterocycles. The minimum absolute atomic E-state index is 0.274. The molecule has 4 heteroatoms. The molecule has 2 aromatic rings. The number of rotatable bonds is 4. The summed E-state index contributed by atoms with van der Waals surface area (Å²) in [6.45, 7) is 3.78. The van der Waals surface area contributed by atoms with E-state index in [1.807, 2.05) is 11.9 Å². The van der Waals surface area contributed by atoms with Gasteiger partial charge in [-0.25, -0.2) is 0 Å². The Morgan fingerprint density at radius 1 is 1.30 bits per heavy atom. The highest BCUT2D eigenvalue weighted by Crippen LogP contribution is 2.59. The van der Waals surface area contributed by atoms with Gasteiger partial charge in [0, 0.05) is 37.8 Å². The molecule has 1 spiro atoms. The monoisotopic (exact) mass is 311 g/mol. The topological polar surface area (TPSA) is 37.3 Å². The normalized spacial score (nSPS) is 22.4. The lowest BCUT2D eigenvalue weighted by Gasteiger charge is -2.25. The SMILES string of the molecule is CN(CCn1ccc2ccccc21)C(=O)[C@H]1CC12CCNCC2. The van der Waals surface area contributed by atoms with Crippen molar-refractivity contribution in [3.8, 4) is 0 Å². The van der Waals surface area contributed by atoms with Crippen molar-refractivity contribution in [2.75, 3.05) is 26.7 Å². The first-order valence-electron chi connectivity index (χ1n) is 8.69. The zero-order valence-electron chi connectivity index (χ0n) is 13.8. The maximum Gasteiger partial charge on any atom is 0.226 e. The number of piperidine rings is 1. The number of benzene rings is 1. The lowest BCUT2D eigenvalue weighted by atomic mass is 9.91. The molecule has 1 N–H and O–H groups in total. The molecule has 0 bridgehead atoms. The van der Waals surface area contributed by atoms with E-state index < -0.39 is 0 Å². The molecular formula is C19H25N3O. The van der Waals surface area contributed by atoms with E-state index in [1.165, 1.54) is 23.7 Å². The minimum atomic E-state index is 0.274. The van der Waals surface area contributed by atoms with Gasteiger partial charge < -0.3 is 14.8 Å². The second-order valence-corrected chi connectivity index (χ2v) is 7.20. The first kappa shape index (κ1) is 14.8. The molecule has 2 fully saturated rings. The van der Waals surface area contributed by atoms with Gasteiger partial charge in [-0.2, -0.15) is 0 Å². The lowest BCUT2D eigenvalue weighted by molar-refractivity contribution is -0.132. The fourth-order valence-electron chi connectivity index (χ4n) is 4.14. The molecule has 4 rings (SSSR count). The number of carbonyl (C=O) groups excluding carboxylic acids is 1. The average Bonchev–Trinajstić information content (AvgIpc) is 3.11. The van der Waals surface area contributed by atoms with Crippen LogP contribution in [0, 0.1) is 11.3 Å². The van der Waals surface area contributed by atoms with E-state index in [2.05, 4.69) is 46.4 Å². The lowest BCUT2D eigenvalue weighted by Crippen LogP contribution is -2.35. The minimum Gasteiger partial charge on any atom is -0.346 e. The van der Waals surface area contributed by atoms with E-state index in [9.17, 15) is 4.79 Å². The Bertz CT molecular complexity index is 714. The van der Waals surface area contributed by atoms with Crippen LogP contribution in [0.4, 0.5) is 0 Å². The van der Waals surface area contributed by atoms with E-state index in [0.29, 0.717) is 11.3 Å². The number of amides is 1. The molecule has 1 aliphatic heterocycles. The third kappa shape index (κ3) is 2.65. The summed E-state index contributed by atoms with van der Waals surface area (Å²) in [5.74, 6) is 0.624. The summed E-state index contributed by atoms with van der Waals surface area (Å²) in [6, 6.07) is 10.5. The highest BCUT2D eigenvalue weighted by molar-refractivity contribution is 5.82. The molecular weight excluding hydrogens is 286 g/mol. The van der Waals surface area contributed by atoms with Crippen molar-refractivity contribution < 1.29 is 4.79 Å². The zero-order chi connectivity index (χ0) is 15.9. The van der Waals surface area contributed by atoms with Gasteiger partial charge in [0.25, 0.3) is 0 Å². The zero-order valence-corrected chi connectivity index (χ0v) is 13.8. The maximum absolute atomic E-state index is 12.7. The summed E-state index contributed by atoms with van der Waals surface area (Å²) < 4.78 is 2.24. The molecule has 1 aromatic carbocycles. The number of carbonyl (C=O) groups is 1. The molecule has 1 aromatic heterocycles. The van der Waals surface area contributed by atoms with Crippen molar-refractivity contribution in [1.82, 2.24) is 14.8 Å². The summed E-state index contributed by atoms with van der Waals surface area (Å²) >= 11 is 0. The van der Waals surface area contributed by atoms with E-state index in [4.69, 9.17) is 0 Å². The molecule has 1 saturated heterocycles. The third-order valence-corrected chi connectivity index (χ3v) is 5.82. The second kappa shape index (κ2) is 5.68. The van der Waals surface area contributed by atoms with E-state index in [1.54, 1.807) is 0 Å². The van der Waals surface area contributed by atoms with Gasteiger partial charge in [0.2, 0.25) is 5.91 Å². The molecule has 2 aliphatic rings. The van der Waals surface area contributed by atoms with Crippen molar-refractivity contribution in [3.05, 3.63) is 36.5 Å². The highest BCUT2D eigenvalue weighted by atomic mass is 16.2. The second-order valence-electron chi connectivity index (χ2n) is 7.20. The molecule has 1 aliphatic carbocycles. The van der Waals surface area contributed by atoms with Crippen LogP contribution in [-0.4, -0.2) is 42.1 Å². The molecule has 0 unspecified atom stereocenters. The Balaban J connectivity index is 1.37. The van der Waals surface area contributed by atoms with Gasteiger partial charge in [0.1, 0.15) is 0 Å². The predicted octanol–water partition coefficient (Wildman–Crippen LogP) is 2.49. The first-order chi connectivity index (χ1) is 11.2. The van der Waals surface area contributed by atoms with Crippen molar-refractivity contribution >= 4 is 16.8 Å². The summed E-state index contributed by atoms with van der Waals surface area (Å²) in [4.78, 5) is 14.6. The number of nitrogens with one attached hydrogen (secondary N) is 1. The molecule has 122 valence electrons. The number of nitrogens with zero attached hydrogens (tertiary/aromatic N) is 2. The van der Waals surface area contributed by atoms with Crippen molar-refractivity contribution in [3.63, 3.8) is 0 Å². The number of hydrogen-bond acceptors (Lipinski definition) is 2. The quantitative estimate of drug-likeness (QED) is 0.942. The Labute approximate surface area is 137 Å². The summed E-state index contributed by atoms with van der Waals surface area (Å²) in [5.41, 5.74) is 1.58. The molecule has 1 saturated carbocycles. The van der Waals surface area contributed by atoms with Crippen LogP contribution < -0.4 is 5.32 Å². The van der Waals surface area contributed by atoms with Crippen molar-refractivity contribution in [2.45, 2.75) is 25.8 Å². The van der Waals surface area contributed by atoms with Crippen LogP contribution >= 0.6 is 0 Å². The van der Waals surface area contributed by atoms with E-state index in [0.717, 1.165) is 32.6 Å². The molecule has 23 heavy (non-hydrogen) atoms. The molecule has 4 nitrogen and oxygen atoms in total. The van der Waals surface area contributed by atoms with Crippen LogP contribution in [0.25, 0.3) is 10.9 Å². The van der Waals surface area contributed by atoms with Gasteiger partial charge in [-0.05, 0) is 55.3 Å². The van der Waals surface area contributed by atoms with Gasteiger partial charge >= 0.3 is 0 Å². The Hall–Kier alpha value is -1.81. The number of hydrogen-bond donors (Lipinski definition) is 1. The number of likely N-dealkylation sites (N-methyl/N-ethyl adjacent to an activating group) is 1. The van der Waals surface area contributed by atoms with Crippen LogP contribution in [0.15, 0.2) is 36.5 Å². The number of aromatic nitrogens is 1. The Morgan fingerprint density at radius 3 is 2.91 bits per heavy atom. The molecule has 0 radical (unpaired) electrons. The molecule has 1 amide bonds. The van der Waals surface area contributed by atoms with Gasteiger partial charge in [0.05, 0.1) is 0 Å². The van der Waals surface area contributed by atoms with Gasteiger partial charge in [-0.1, -0.05) is 18.2 Å². The van der Waals surface area contributed by atoms with Gasteiger partial charge in [0.15, 0.2) is 0 Å².